The van der Waals surface area contributed by atoms with E-state index in [-0.39, 0.29) is 12.5 Å². The van der Waals surface area contributed by atoms with E-state index in [2.05, 4.69) is 10.6 Å². The monoisotopic (exact) mass is 270 g/mol. The second-order valence-electron chi connectivity index (χ2n) is 3.83. The van der Waals surface area contributed by atoms with Crippen LogP contribution in [0.4, 0.5) is 5.69 Å². The lowest BCUT2D eigenvalue weighted by atomic mass is 10.1. The van der Waals surface area contributed by atoms with Crippen molar-refractivity contribution < 1.29 is 14.7 Å². The summed E-state index contributed by atoms with van der Waals surface area (Å²) in [5, 5.41) is 14.1. The Morgan fingerprint density at radius 3 is 2.67 bits per heavy atom. The van der Waals surface area contributed by atoms with E-state index in [1.807, 2.05) is 0 Å². The summed E-state index contributed by atoms with van der Waals surface area (Å²) < 4.78 is 0. The van der Waals surface area contributed by atoms with Crippen LogP contribution < -0.4 is 10.6 Å². The molecule has 5 nitrogen and oxygen atoms in total. The topological polar surface area (TPSA) is 78.4 Å². The zero-order valence-corrected chi connectivity index (χ0v) is 10.7. The Kier molecular flexibility index (Phi) is 5.61. The SMILES string of the molecule is CC(NC=O)C(=O)Nc1cc(CO)cc(CCl)c1. The van der Waals surface area contributed by atoms with Crippen molar-refractivity contribution in [2.75, 3.05) is 5.32 Å². The van der Waals surface area contributed by atoms with Crippen molar-refractivity contribution in [3.8, 4) is 0 Å². The molecule has 1 aromatic rings. The molecule has 1 aromatic carbocycles. The molecule has 98 valence electrons. The van der Waals surface area contributed by atoms with Crippen LogP contribution in [0.3, 0.4) is 0 Å². The Balaban J connectivity index is 2.83. The quantitative estimate of drug-likeness (QED) is 0.533. The summed E-state index contributed by atoms with van der Waals surface area (Å²) in [6.45, 7) is 1.44. The second-order valence-corrected chi connectivity index (χ2v) is 4.09. The highest BCUT2D eigenvalue weighted by atomic mass is 35.5. The lowest BCUT2D eigenvalue weighted by Crippen LogP contribution is -2.37. The maximum atomic E-state index is 11.7. The van der Waals surface area contributed by atoms with E-state index in [1.165, 1.54) is 0 Å². The number of halogens is 1. The van der Waals surface area contributed by atoms with Crippen molar-refractivity contribution in [3.05, 3.63) is 29.3 Å². The minimum Gasteiger partial charge on any atom is -0.392 e. The molecule has 1 rings (SSSR count). The number of anilines is 1. The minimum atomic E-state index is -0.625. The first-order valence-electron chi connectivity index (χ1n) is 5.41. The fourth-order valence-electron chi connectivity index (χ4n) is 1.43. The maximum absolute atomic E-state index is 11.7. The summed E-state index contributed by atoms with van der Waals surface area (Å²) in [5.74, 6) is -0.0449. The Morgan fingerprint density at radius 2 is 2.11 bits per heavy atom. The Bertz CT molecular complexity index is 415. The molecular weight excluding hydrogens is 256 g/mol. The molecule has 0 aromatic heterocycles. The average Bonchev–Trinajstić information content (AvgIpc) is 2.38. The van der Waals surface area contributed by atoms with E-state index < -0.39 is 6.04 Å². The van der Waals surface area contributed by atoms with Gasteiger partial charge < -0.3 is 15.7 Å². The number of carbonyl (C=O) groups is 2. The highest BCUT2D eigenvalue weighted by Crippen LogP contribution is 2.17. The average molecular weight is 271 g/mol. The van der Waals surface area contributed by atoms with E-state index in [4.69, 9.17) is 16.7 Å². The predicted molar refractivity (Wildman–Crippen MR) is 69.2 cm³/mol. The van der Waals surface area contributed by atoms with Crippen LogP contribution in [-0.4, -0.2) is 23.5 Å². The Labute approximate surface area is 110 Å². The molecule has 0 spiro atoms. The van der Waals surface area contributed by atoms with Crippen molar-refractivity contribution in [2.24, 2.45) is 0 Å². The van der Waals surface area contributed by atoms with Gasteiger partial charge in [0.15, 0.2) is 0 Å². The van der Waals surface area contributed by atoms with E-state index in [0.29, 0.717) is 23.5 Å². The van der Waals surface area contributed by atoms with Gasteiger partial charge in [-0.05, 0) is 30.2 Å². The molecule has 0 radical (unpaired) electrons. The molecular formula is C12H15ClN2O3. The lowest BCUT2D eigenvalue weighted by molar-refractivity contribution is -0.120. The number of nitrogens with one attached hydrogen (secondary N) is 2. The second kappa shape index (κ2) is 6.98. The fraction of sp³-hybridized carbons (Fsp3) is 0.333. The molecule has 2 amide bonds. The van der Waals surface area contributed by atoms with Gasteiger partial charge in [-0.2, -0.15) is 0 Å². The van der Waals surface area contributed by atoms with Crippen LogP contribution in [0.5, 0.6) is 0 Å². The molecule has 1 unspecified atom stereocenters. The molecule has 0 heterocycles. The zero-order valence-electron chi connectivity index (χ0n) is 9.94. The summed E-state index contributed by atoms with van der Waals surface area (Å²) in [4.78, 5) is 21.9. The van der Waals surface area contributed by atoms with Crippen LogP contribution in [0.1, 0.15) is 18.1 Å². The molecule has 0 aliphatic heterocycles. The number of aliphatic hydroxyl groups excluding tert-OH is 1. The van der Waals surface area contributed by atoms with Crippen molar-refractivity contribution >= 4 is 29.6 Å². The minimum absolute atomic E-state index is 0.129. The molecule has 0 fully saturated rings. The van der Waals surface area contributed by atoms with E-state index in [1.54, 1.807) is 25.1 Å². The molecule has 0 aliphatic carbocycles. The standard InChI is InChI=1S/C12H15ClN2O3/c1-8(14-7-17)12(18)15-11-3-9(5-13)2-10(4-11)6-16/h2-4,7-8,16H,5-6H2,1H3,(H,14,17)(H,15,18). The van der Waals surface area contributed by atoms with Gasteiger partial charge in [-0.15, -0.1) is 11.6 Å². The first-order chi connectivity index (χ1) is 8.60. The normalized spacial score (nSPS) is 11.7. The third kappa shape index (κ3) is 4.01. The van der Waals surface area contributed by atoms with Crippen LogP contribution in [0.2, 0.25) is 0 Å². The third-order valence-corrected chi connectivity index (χ3v) is 2.68. The maximum Gasteiger partial charge on any atom is 0.246 e. The number of hydrogen-bond acceptors (Lipinski definition) is 3. The predicted octanol–water partition coefficient (Wildman–Crippen LogP) is 0.991. The zero-order chi connectivity index (χ0) is 13.5. The molecule has 0 saturated carbocycles. The largest absolute Gasteiger partial charge is 0.392 e. The van der Waals surface area contributed by atoms with Gasteiger partial charge in [0.05, 0.1) is 6.61 Å². The number of alkyl halides is 1. The van der Waals surface area contributed by atoms with E-state index in [9.17, 15) is 9.59 Å². The summed E-state index contributed by atoms with van der Waals surface area (Å²) in [7, 11) is 0. The van der Waals surface area contributed by atoms with Crippen molar-refractivity contribution in [1.29, 1.82) is 0 Å². The first-order valence-corrected chi connectivity index (χ1v) is 5.94. The molecule has 3 N–H and O–H groups in total. The van der Waals surface area contributed by atoms with Gasteiger partial charge >= 0.3 is 0 Å². The highest BCUT2D eigenvalue weighted by molar-refractivity contribution is 6.17. The van der Waals surface area contributed by atoms with Crippen molar-refractivity contribution in [1.82, 2.24) is 5.32 Å². The number of amides is 2. The van der Waals surface area contributed by atoms with Gasteiger partial charge in [0.1, 0.15) is 6.04 Å². The summed E-state index contributed by atoms with van der Waals surface area (Å²) >= 11 is 5.72. The molecule has 6 heteroatoms. The molecule has 18 heavy (non-hydrogen) atoms. The Hall–Kier alpha value is -1.59. The molecule has 0 saturated heterocycles. The molecule has 1 atom stereocenters. The van der Waals surface area contributed by atoms with Gasteiger partial charge in [-0.3, -0.25) is 9.59 Å². The number of hydrogen-bond donors (Lipinski definition) is 3. The summed E-state index contributed by atoms with van der Waals surface area (Å²) in [6, 6.07) is 4.51. The summed E-state index contributed by atoms with van der Waals surface area (Å²) in [5.41, 5.74) is 2.01. The first kappa shape index (κ1) is 14.5. The smallest absolute Gasteiger partial charge is 0.246 e. The number of carbonyl (C=O) groups excluding carboxylic acids is 2. The van der Waals surface area contributed by atoms with E-state index in [0.717, 1.165) is 5.56 Å². The molecule has 0 aliphatic rings. The third-order valence-electron chi connectivity index (χ3n) is 2.37. The highest BCUT2D eigenvalue weighted by Gasteiger charge is 2.12. The fourth-order valence-corrected chi connectivity index (χ4v) is 1.59. The van der Waals surface area contributed by atoms with Crippen LogP contribution in [-0.2, 0) is 22.1 Å². The number of benzene rings is 1. The van der Waals surface area contributed by atoms with E-state index >= 15 is 0 Å². The van der Waals surface area contributed by atoms with Gasteiger partial charge in [0.25, 0.3) is 0 Å². The Morgan fingerprint density at radius 1 is 1.44 bits per heavy atom. The lowest BCUT2D eigenvalue weighted by Gasteiger charge is -2.12. The number of aliphatic hydroxyl groups is 1. The van der Waals surface area contributed by atoms with Crippen LogP contribution in [0.25, 0.3) is 0 Å². The van der Waals surface area contributed by atoms with Gasteiger partial charge in [0.2, 0.25) is 12.3 Å². The molecule has 0 bridgehead atoms. The van der Waals surface area contributed by atoms with Gasteiger partial charge in [-0.1, -0.05) is 6.07 Å². The number of rotatable bonds is 6. The van der Waals surface area contributed by atoms with Crippen LogP contribution >= 0.6 is 11.6 Å². The van der Waals surface area contributed by atoms with Crippen LogP contribution in [0.15, 0.2) is 18.2 Å². The van der Waals surface area contributed by atoms with Crippen molar-refractivity contribution in [2.45, 2.75) is 25.5 Å². The van der Waals surface area contributed by atoms with Gasteiger partial charge in [0, 0.05) is 11.6 Å². The summed E-state index contributed by atoms with van der Waals surface area (Å²) in [6.07, 6.45) is 0.471. The van der Waals surface area contributed by atoms with Crippen LogP contribution in [0, 0.1) is 0 Å². The van der Waals surface area contributed by atoms with Gasteiger partial charge in [-0.25, -0.2) is 0 Å². The van der Waals surface area contributed by atoms with Crippen molar-refractivity contribution in [3.63, 3.8) is 0 Å².